The Labute approximate surface area is 86.4 Å². The molecule has 0 aliphatic rings. The molecule has 6 heteroatoms. The highest BCUT2D eigenvalue weighted by Gasteiger charge is 2.07. The van der Waals surface area contributed by atoms with E-state index in [1.54, 1.807) is 14.1 Å². The second kappa shape index (κ2) is 4.12. The van der Waals surface area contributed by atoms with Gasteiger partial charge in [0, 0.05) is 27.3 Å². The van der Waals surface area contributed by atoms with Crippen molar-refractivity contribution in [2.45, 2.75) is 6.54 Å². The van der Waals surface area contributed by atoms with Gasteiger partial charge in [-0.1, -0.05) is 0 Å². The number of hydrogen-bond acceptors (Lipinski definition) is 3. The molecule has 0 aliphatic heterocycles. The number of hydrogen-bond donors (Lipinski definition) is 0. The van der Waals surface area contributed by atoms with Crippen LogP contribution in [0.5, 0.6) is 0 Å². The van der Waals surface area contributed by atoms with Gasteiger partial charge in [0.25, 0.3) is 5.56 Å². The van der Waals surface area contributed by atoms with Crippen LogP contribution < -0.4 is 11.2 Å². The van der Waals surface area contributed by atoms with E-state index in [1.807, 2.05) is 0 Å². The van der Waals surface area contributed by atoms with Crippen LogP contribution >= 0.6 is 0 Å². The van der Waals surface area contributed by atoms with Gasteiger partial charge in [0.1, 0.15) is 0 Å². The average molecular weight is 211 g/mol. The van der Waals surface area contributed by atoms with Crippen molar-refractivity contribution in [1.82, 2.24) is 14.0 Å². The van der Waals surface area contributed by atoms with E-state index in [-0.39, 0.29) is 17.8 Å². The quantitative estimate of drug-likeness (QED) is 0.582. The van der Waals surface area contributed by atoms with Crippen molar-refractivity contribution in [1.29, 1.82) is 0 Å². The van der Waals surface area contributed by atoms with Crippen molar-refractivity contribution < 1.29 is 4.79 Å². The van der Waals surface area contributed by atoms with E-state index in [2.05, 4.69) is 0 Å². The van der Waals surface area contributed by atoms with E-state index in [0.717, 1.165) is 4.57 Å². The minimum absolute atomic E-state index is 0.199. The van der Waals surface area contributed by atoms with Crippen LogP contribution in [0.2, 0.25) is 0 Å². The minimum atomic E-state index is -0.377. The monoisotopic (exact) mass is 211 g/mol. The predicted octanol–water partition coefficient (Wildman–Crippen LogP) is -1.33. The highest BCUT2D eigenvalue weighted by molar-refractivity contribution is 5.46. The fourth-order valence-electron chi connectivity index (χ4n) is 1.30. The zero-order valence-corrected chi connectivity index (χ0v) is 8.93. The van der Waals surface area contributed by atoms with E-state index < -0.39 is 0 Å². The normalized spacial score (nSPS) is 10.1. The van der Waals surface area contributed by atoms with Gasteiger partial charge in [0.05, 0.1) is 12.1 Å². The third-order valence-corrected chi connectivity index (χ3v) is 2.12. The summed E-state index contributed by atoms with van der Waals surface area (Å²) < 4.78 is 2.34. The molecule has 1 amide bonds. The van der Waals surface area contributed by atoms with E-state index >= 15 is 0 Å². The molecule has 15 heavy (non-hydrogen) atoms. The van der Waals surface area contributed by atoms with Crippen molar-refractivity contribution in [3.05, 3.63) is 32.6 Å². The molecule has 0 bridgehead atoms. The van der Waals surface area contributed by atoms with Crippen molar-refractivity contribution in [3.63, 3.8) is 0 Å². The third kappa shape index (κ3) is 2.15. The van der Waals surface area contributed by atoms with Gasteiger partial charge in [-0.3, -0.25) is 14.2 Å². The molecule has 82 valence electrons. The van der Waals surface area contributed by atoms with Crippen LogP contribution in [0.15, 0.2) is 15.8 Å². The predicted molar refractivity (Wildman–Crippen MR) is 54.5 cm³/mol. The van der Waals surface area contributed by atoms with Gasteiger partial charge in [-0.25, -0.2) is 4.79 Å². The van der Waals surface area contributed by atoms with E-state index in [4.69, 9.17) is 0 Å². The molecule has 1 rings (SSSR count). The van der Waals surface area contributed by atoms with Crippen LogP contribution in [0.3, 0.4) is 0 Å². The van der Waals surface area contributed by atoms with Crippen LogP contribution in [0, 0.1) is 0 Å². The fraction of sp³-hybridized carbons (Fsp3) is 0.444. The maximum absolute atomic E-state index is 11.6. The number of carbonyl (C=O) groups excluding carboxylic acids is 1. The molecule has 1 heterocycles. The first-order chi connectivity index (χ1) is 6.97. The van der Waals surface area contributed by atoms with Gasteiger partial charge in [0.15, 0.2) is 0 Å². The summed E-state index contributed by atoms with van der Waals surface area (Å²) >= 11 is 0. The maximum atomic E-state index is 11.6. The zero-order chi connectivity index (χ0) is 11.6. The molecule has 0 aromatic carbocycles. The van der Waals surface area contributed by atoms with Gasteiger partial charge < -0.3 is 9.47 Å². The molecule has 0 unspecified atom stereocenters. The summed E-state index contributed by atoms with van der Waals surface area (Å²) in [6.45, 7) is 0.199. The van der Waals surface area contributed by atoms with Crippen molar-refractivity contribution in [2.75, 3.05) is 7.05 Å². The summed E-state index contributed by atoms with van der Waals surface area (Å²) in [5.74, 6) is 0. The van der Waals surface area contributed by atoms with E-state index in [1.165, 1.54) is 22.7 Å². The second-order valence-corrected chi connectivity index (χ2v) is 3.43. The van der Waals surface area contributed by atoms with Gasteiger partial charge in [-0.05, 0) is 0 Å². The highest BCUT2D eigenvalue weighted by atomic mass is 16.2. The number of carbonyl (C=O) groups is 1. The first kappa shape index (κ1) is 11.2. The van der Waals surface area contributed by atoms with Gasteiger partial charge >= 0.3 is 5.69 Å². The molecule has 6 nitrogen and oxygen atoms in total. The Balaban J connectivity index is 3.27. The lowest BCUT2D eigenvalue weighted by Crippen LogP contribution is -2.39. The van der Waals surface area contributed by atoms with E-state index in [9.17, 15) is 14.4 Å². The third-order valence-electron chi connectivity index (χ3n) is 2.12. The topological polar surface area (TPSA) is 64.3 Å². The van der Waals surface area contributed by atoms with Crippen LogP contribution in [0.25, 0.3) is 0 Å². The number of aromatic nitrogens is 2. The smallest absolute Gasteiger partial charge is 0.330 e. The minimum Gasteiger partial charge on any atom is -0.344 e. The summed E-state index contributed by atoms with van der Waals surface area (Å²) in [4.78, 5) is 34.7. The van der Waals surface area contributed by atoms with Crippen molar-refractivity contribution in [3.8, 4) is 0 Å². The number of rotatable bonds is 3. The Kier molecular flexibility index (Phi) is 3.08. The van der Waals surface area contributed by atoms with Crippen LogP contribution in [-0.2, 0) is 25.4 Å². The van der Waals surface area contributed by atoms with Crippen LogP contribution in [0.1, 0.15) is 5.56 Å². The largest absolute Gasteiger partial charge is 0.344 e. The van der Waals surface area contributed by atoms with Gasteiger partial charge in [-0.15, -0.1) is 0 Å². The Hall–Kier alpha value is -1.85. The van der Waals surface area contributed by atoms with Crippen molar-refractivity contribution in [2.24, 2.45) is 14.1 Å². The number of amides is 1. The second-order valence-electron chi connectivity index (χ2n) is 3.43. The lowest BCUT2D eigenvalue weighted by atomic mass is 10.3. The lowest BCUT2D eigenvalue weighted by molar-refractivity contribution is -0.117. The van der Waals surface area contributed by atoms with Crippen LogP contribution in [-0.4, -0.2) is 27.5 Å². The molecule has 0 fully saturated rings. The standard InChI is InChI=1S/C9H13N3O3/c1-10(6-13)4-7-5-11(2)9(15)12(3)8(7)14/h5-6H,4H2,1-3H3. The van der Waals surface area contributed by atoms with E-state index in [0.29, 0.717) is 12.0 Å². The molecule has 0 aliphatic carbocycles. The molecular formula is C9H13N3O3. The van der Waals surface area contributed by atoms with Gasteiger partial charge in [-0.2, -0.15) is 0 Å². The highest BCUT2D eigenvalue weighted by Crippen LogP contribution is 1.92. The first-order valence-electron chi connectivity index (χ1n) is 4.38. The number of aryl methyl sites for hydroxylation is 1. The zero-order valence-electron chi connectivity index (χ0n) is 8.93. The maximum Gasteiger partial charge on any atom is 0.330 e. The summed E-state index contributed by atoms with van der Waals surface area (Å²) in [7, 11) is 4.54. The molecule has 0 atom stereocenters. The molecule has 0 saturated heterocycles. The summed E-state index contributed by atoms with van der Waals surface area (Å²) in [6.07, 6.45) is 2.08. The Morgan fingerprint density at radius 1 is 1.40 bits per heavy atom. The molecular weight excluding hydrogens is 198 g/mol. The average Bonchev–Trinajstić information content (AvgIpc) is 2.22. The molecule has 0 radical (unpaired) electrons. The lowest BCUT2D eigenvalue weighted by Gasteiger charge is -2.11. The summed E-state index contributed by atoms with van der Waals surface area (Å²) in [5, 5.41) is 0. The molecule has 0 spiro atoms. The molecule has 1 aromatic rings. The summed E-state index contributed by atoms with van der Waals surface area (Å²) in [6, 6.07) is 0. The van der Waals surface area contributed by atoms with Crippen molar-refractivity contribution >= 4 is 6.41 Å². The SMILES string of the molecule is CN(C=O)Cc1cn(C)c(=O)n(C)c1=O. The molecule has 1 aromatic heterocycles. The Bertz CT molecular complexity index is 486. The first-order valence-corrected chi connectivity index (χ1v) is 4.38. The molecule has 0 N–H and O–H groups in total. The summed E-state index contributed by atoms with van der Waals surface area (Å²) in [5.41, 5.74) is -0.335. The van der Waals surface area contributed by atoms with Crippen LogP contribution in [0.4, 0.5) is 0 Å². The van der Waals surface area contributed by atoms with Gasteiger partial charge in [0.2, 0.25) is 6.41 Å². The number of nitrogens with zero attached hydrogens (tertiary/aromatic N) is 3. The Morgan fingerprint density at radius 2 is 2.00 bits per heavy atom. The fourth-order valence-corrected chi connectivity index (χ4v) is 1.30. The molecule has 0 saturated carbocycles. The Morgan fingerprint density at radius 3 is 2.53 bits per heavy atom.